The van der Waals surface area contributed by atoms with Crippen molar-refractivity contribution in [1.82, 2.24) is 0 Å². The van der Waals surface area contributed by atoms with Gasteiger partial charge in [-0.2, -0.15) is 0 Å². The molecule has 0 spiro atoms. The molecule has 0 aromatic carbocycles. The average molecular weight is 204 g/mol. The summed E-state index contributed by atoms with van der Waals surface area (Å²) in [4.78, 5) is 0. The fourth-order valence-electron chi connectivity index (χ4n) is 1.03. The van der Waals surface area contributed by atoms with Crippen molar-refractivity contribution in [2.45, 2.75) is 31.9 Å². The van der Waals surface area contributed by atoms with Gasteiger partial charge in [-0.05, 0) is 18.9 Å². The monoisotopic (exact) mass is 204 g/mol. The molecular weight excluding hydrogens is 184 g/mol. The van der Waals surface area contributed by atoms with Gasteiger partial charge < -0.3 is 13.9 Å². The van der Waals surface area contributed by atoms with Crippen LogP contribution in [0.5, 0.6) is 0 Å². The normalized spacial score (nSPS) is 21.5. The minimum atomic E-state index is -0.243. The van der Waals surface area contributed by atoms with E-state index >= 15 is 0 Å². The summed E-state index contributed by atoms with van der Waals surface area (Å²) >= 11 is 0. The molecule has 0 radical (unpaired) electrons. The quantitative estimate of drug-likeness (QED) is 0.315. The maximum atomic E-state index is 5.48. The maximum absolute atomic E-state index is 5.48. The number of epoxide rings is 1. The van der Waals surface area contributed by atoms with E-state index in [4.69, 9.17) is 13.9 Å². The van der Waals surface area contributed by atoms with Crippen LogP contribution in [-0.4, -0.2) is 42.3 Å². The number of rotatable bonds is 9. The van der Waals surface area contributed by atoms with E-state index in [0.29, 0.717) is 6.10 Å². The summed E-state index contributed by atoms with van der Waals surface area (Å²) in [7, 11) is -0.243. The van der Waals surface area contributed by atoms with E-state index in [1.807, 2.05) is 0 Å². The Morgan fingerprint density at radius 2 is 2.31 bits per heavy atom. The number of hydrogen-bond acceptors (Lipinski definition) is 3. The van der Waals surface area contributed by atoms with Crippen LogP contribution in [-0.2, 0) is 13.9 Å². The number of ether oxygens (including phenoxy) is 2. The summed E-state index contributed by atoms with van der Waals surface area (Å²) in [6.45, 7) is 5.66. The Kier molecular flexibility index (Phi) is 6.44. The Labute approximate surface area is 82.7 Å². The largest absolute Gasteiger partial charge is 0.424 e. The Bertz CT molecular complexity index is 117. The minimum absolute atomic E-state index is 0.243. The van der Waals surface area contributed by atoms with Gasteiger partial charge in [-0.25, -0.2) is 0 Å². The summed E-state index contributed by atoms with van der Waals surface area (Å²) in [6, 6.07) is 1.24. The molecule has 0 aromatic heterocycles. The third-order valence-electron chi connectivity index (χ3n) is 1.88. The van der Waals surface area contributed by atoms with Gasteiger partial charge in [-0.15, -0.1) is 0 Å². The van der Waals surface area contributed by atoms with Gasteiger partial charge in [0.15, 0.2) is 9.76 Å². The van der Waals surface area contributed by atoms with E-state index in [-0.39, 0.29) is 9.76 Å². The van der Waals surface area contributed by atoms with Crippen molar-refractivity contribution in [3.63, 3.8) is 0 Å². The van der Waals surface area contributed by atoms with Gasteiger partial charge in [0, 0.05) is 13.2 Å². The summed E-state index contributed by atoms with van der Waals surface area (Å²) in [5.74, 6) is 0. The van der Waals surface area contributed by atoms with Crippen molar-refractivity contribution in [1.29, 1.82) is 0 Å². The molecule has 1 unspecified atom stereocenters. The van der Waals surface area contributed by atoms with Crippen LogP contribution in [0.25, 0.3) is 0 Å². The second kappa shape index (κ2) is 7.50. The standard InChI is InChI=1S/C9H20O3Si/c1-2-4-12-13-6-3-5-10-7-9-8-11-9/h9H,2-8,13H2,1H3. The van der Waals surface area contributed by atoms with Gasteiger partial charge in [0.25, 0.3) is 0 Å². The van der Waals surface area contributed by atoms with Crippen LogP contribution in [0.2, 0.25) is 6.04 Å². The van der Waals surface area contributed by atoms with Gasteiger partial charge in [-0.3, -0.25) is 0 Å². The molecule has 0 amide bonds. The molecule has 0 bridgehead atoms. The van der Waals surface area contributed by atoms with Crippen LogP contribution in [0.15, 0.2) is 0 Å². The predicted molar refractivity (Wildman–Crippen MR) is 54.8 cm³/mol. The zero-order chi connectivity index (χ0) is 9.36. The summed E-state index contributed by atoms with van der Waals surface area (Å²) in [5.41, 5.74) is 0. The Hall–Kier alpha value is 0.0969. The molecule has 13 heavy (non-hydrogen) atoms. The second-order valence-electron chi connectivity index (χ2n) is 3.35. The Morgan fingerprint density at radius 3 is 3.00 bits per heavy atom. The average Bonchev–Trinajstić information content (AvgIpc) is 2.93. The molecule has 3 nitrogen and oxygen atoms in total. The summed E-state index contributed by atoms with van der Waals surface area (Å²) in [5, 5.41) is 0. The summed E-state index contributed by atoms with van der Waals surface area (Å²) < 4.78 is 15.9. The molecule has 0 aromatic rings. The van der Waals surface area contributed by atoms with E-state index in [2.05, 4.69) is 6.92 Å². The van der Waals surface area contributed by atoms with Gasteiger partial charge in [-0.1, -0.05) is 6.92 Å². The topological polar surface area (TPSA) is 31.0 Å². The van der Waals surface area contributed by atoms with Crippen LogP contribution < -0.4 is 0 Å². The molecule has 4 heteroatoms. The highest BCUT2D eigenvalue weighted by atomic mass is 28.2. The zero-order valence-corrected chi connectivity index (χ0v) is 9.87. The highest BCUT2D eigenvalue weighted by molar-refractivity contribution is 6.26. The third-order valence-corrected chi connectivity index (χ3v) is 3.25. The molecule has 1 fully saturated rings. The third kappa shape index (κ3) is 7.19. The lowest BCUT2D eigenvalue weighted by molar-refractivity contribution is 0.116. The molecule has 0 aliphatic carbocycles. The molecule has 0 saturated carbocycles. The molecular formula is C9H20O3Si. The highest BCUT2D eigenvalue weighted by Gasteiger charge is 2.21. The first-order valence-corrected chi connectivity index (χ1v) is 6.78. The van der Waals surface area contributed by atoms with Gasteiger partial charge >= 0.3 is 0 Å². The lowest BCUT2D eigenvalue weighted by Crippen LogP contribution is -2.05. The van der Waals surface area contributed by atoms with Crippen molar-refractivity contribution < 1.29 is 13.9 Å². The Balaban J connectivity index is 1.63. The van der Waals surface area contributed by atoms with Crippen LogP contribution in [0.3, 0.4) is 0 Å². The summed E-state index contributed by atoms with van der Waals surface area (Å²) in [6.07, 6.45) is 2.71. The van der Waals surface area contributed by atoms with Crippen LogP contribution in [0, 0.1) is 0 Å². The first-order valence-electron chi connectivity index (χ1n) is 5.20. The highest BCUT2D eigenvalue weighted by Crippen LogP contribution is 2.08. The van der Waals surface area contributed by atoms with Crippen molar-refractivity contribution in [2.24, 2.45) is 0 Å². The first-order chi connectivity index (χ1) is 6.43. The van der Waals surface area contributed by atoms with E-state index in [1.54, 1.807) is 0 Å². The van der Waals surface area contributed by atoms with Crippen molar-refractivity contribution in [3.05, 3.63) is 0 Å². The lowest BCUT2D eigenvalue weighted by Gasteiger charge is -2.02. The van der Waals surface area contributed by atoms with Crippen molar-refractivity contribution in [3.8, 4) is 0 Å². The van der Waals surface area contributed by atoms with E-state index in [1.165, 1.54) is 6.04 Å². The fourth-order valence-corrected chi connectivity index (χ4v) is 2.14. The molecule has 1 saturated heterocycles. The predicted octanol–water partition coefficient (Wildman–Crippen LogP) is 0.721. The van der Waals surface area contributed by atoms with E-state index in [9.17, 15) is 0 Å². The molecule has 1 heterocycles. The second-order valence-corrected chi connectivity index (χ2v) is 4.87. The minimum Gasteiger partial charge on any atom is -0.424 e. The lowest BCUT2D eigenvalue weighted by atomic mass is 10.5. The molecule has 1 atom stereocenters. The molecule has 1 aliphatic heterocycles. The SMILES string of the molecule is CCCO[SiH2]CCCOCC1CO1. The van der Waals surface area contributed by atoms with E-state index in [0.717, 1.165) is 39.3 Å². The Morgan fingerprint density at radius 1 is 1.46 bits per heavy atom. The smallest absolute Gasteiger partial charge is 0.161 e. The van der Waals surface area contributed by atoms with Gasteiger partial charge in [0.2, 0.25) is 0 Å². The van der Waals surface area contributed by atoms with Crippen LogP contribution in [0.4, 0.5) is 0 Å². The van der Waals surface area contributed by atoms with Gasteiger partial charge in [0.1, 0.15) is 6.10 Å². The fraction of sp³-hybridized carbons (Fsp3) is 1.00. The maximum Gasteiger partial charge on any atom is 0.161 e. The first kappa shape index (κ1) is 11.2. The molecule has 1 aliphatic rings. The molecule has 0 N–H and O–H groups in total. The number of hydrogen-bond donors (Lipinski definition) is 0. The zero-order valence-electron chi connectivity index (χ0n) is 8.46. The van der Waals surface area contributed by atoms with Crippen molar-refractivity contribution in [2.75, 3.05) is 26.4 Å². The van der Waals surface area contributed by atoms with Crippen LogP contribution in [0.1, 0.15) is 19.8 Å². The van der Waals surface area contributed by atoms with Crippen LogP contribution >= 0.6 is 0 Å². The van der Waals surface area contributed by atoms with Crippen molar-refractivity contribution >= 4 is 9.76 Å². The molecule has 1 rings (SSSR count). The van der Waals surface area contributed by atoms with E-state index < -0.39 is 0 Å². The molecule has 78 valence electrons. The van der Waals surface area contributed by atoms with Gasteiger partial charge in [0.05, 0.1) is 13.2 Å².